The maximum atomic E-state index is 9.24. The van der Waals surface area contributed by atoms with E-state index in [1.807, 2.05) is 12.1 Å². The normalized spacial score (nSPS) is 12.9. The van der Waals surface area contributed by atoms with Gasteiger partial charge in [-0.3, -0.25) is 0 Å². The molecule has 0 aliphatic carbocycles. The van der Waals surface area contributed by atoms with E-state index in [1.54, 1.807) is 6.92 Å². The van der Waals surface area contributed by atoms with Crippen LogP contribution in [-0.4, -0.2) is 5.11 Å². The molecule has 66 valence electrons. The first-order valence-corrected chi connectivity index (χ1v) is 4.51. The topological polar surface area (TPSA) is 20.2 Å². The summed E-state index contributed by atoms with van der Waals surface area (Å²) in [6.45, 7) is 3.96. The molecule has 1 nitrogen and oxygen atoms in total. The SMILES string of the molecule is CCCc1ccc([C@@H](C)O)cc1. The molecule has 1 rings (SSSR count). The fourth-order valence-corrected chi connectivity index (χ4v) is 1.25. The van der Waals surface area contributed by atoms with Crippen LogP contribution in [0.1, 0.15) is 37.5 Å². The Bertz CT molecular complexity index is 223. The molecule has 0 radical (unpaired) electrons. The van der Waals surface area contributed by atoms with E-state index in [4.69, 9.17) is 0 Å². The van der Waals surface area contributed by atoms with Gasteiger partial charge < -0.3 is 5.11 Å². The van der Waals surface area contributed by atoms with Gasteiger partial charge in [-0.05, 0) is 24.5 Å². The van der Waals surface area contributed by atoms with Gasteiger partial charge in [-0.2, -0.15) is 0 Å². The van der Waals surface area contributed by atoms with E-state index in [0.29, 0.717) is 0 Å². The fraction of sp³-hybridized carbons (Fsp3) is 0.455. The summed E-state index contributed by atoms with van der Waals surface area (Å²) in [6, 6.07) is 8.17. The second-order valence-electron chi connectivity index (χ2n) is 3.17. The van der Waals surface area contributed by atoms with E-state index >= 15 is 0 Å². The van der Waals surface area contributed by atoms with Crippen molar-refractivity contribution in [2.24, 2.45) is 0 Å². The lowest BCUT2D eigenvalue weighted by Crippen LogP contribution is -1.91. The average Bonchev–Trinajstić information content (AvgIpc) is 2.06. The maximum Gasteiger partial charge on any atom is 0.0761 e. The van der Waals surface area contributed by atoms with Crippen LogP contribution in [0.2, 0.25) is 0 Å². The predicted molar refractivity (Wildman–Crippen MR) is 51.1 cm³/mol. The molecule has 0 amide bonds. The van der Waals surface area contributed by atoms with E-state index in [1.165, 1.54) is 12.0 Å². The Balaban J connectivity index is 2.71. The number of aliphatic hydroxyl groups excluding tert-OH is 1. The monoisotopic (exact) mass is 164 g/mol. The number of hydrogen-bond acceptors (Lipinski definition) is 1. The van der Waals surface area contributed by atoms with Crippen LogP contribution in [0.3, 0.4) is 0 Å². The highest BCUT2D eigenvalue weighted by molar-refractivity contribution is 5.23. The van der Waals surface area contributed by atoms with Crippen molar-refractivity contribution in [3.8, 4) is 0 Å². The summed E-state index contributed by atoms with van der Waals surface area (Å²) < 4.78 is 0. The van der Waals surface area contributed by atoms with Gasteiger partial charge in [-0.1, -0.05) is 37.6 Å². The first kappa shape index (κ1) is 9.27. The molecule has 0 aliphatic rings. The summed E-state index contributed by atoms with van der Waals surface area (Å²) in [7, 11) is 0. The van der Waals surface area contributed by atoms with Gasteiger partial charge in [0.05, 0.1) is 6.10 Å². The molecule has 1 aromatic rings. The van der Waals surface area contributed by atoms with Gasteiger partial charge in [-0.25, -0.2) is 0 Å². The summed E-state index contributed by atoms with van der Waals surface area (Å²) in [4.78, 5) is 0. The van der Waals surface area contributed by atoms with Crippen LogP contribution in [0.15, 0.2) is 24.3 Å². The molecule has 1 atom stereocenters. The predicted octanol–water partition coefficient (Wildman–Crippen LogP) is 2.69. The van der Waals surface area contributed by atoms with Crippen molar-refractivity contribution in [2.75, 3.05) is 0 Å². The molecule has 0 fully saturated rings. The van der Waals surface area contributed by atoms with Crippen LogP contribution in [-0.2, 0) is 6.42 Å². The minimum Gasteiger partial charge on any atom is -0.389 e. The molecule has 0 unspecified atom stereocenters. The molecule has 0 bridgehead atoms. The largest absolute Gasteiger partial charge is 0.389 e. The number of rotatable bonds is 3. The fourth-order valence-electron chi connectivity index (χ4n) is 1.25. The Kier molecular flexibility index (Phi) is 3.30. The van der Waals surface area contributed by atoms with Crippen molar-refractivity contribution in [1.29, 1.82) is 0 Å². The summed E-state index contributed by atoms with van der Waals surface area (Å²) in [5.41, 5.74) is 2.34. The summed E-state index contributed by atoms with van der Waals surface area (Å²) in [6.07, 6.45) is 1.95. The first-order valence-electron chi connectivity index (χ1n) is 4.51. The third-order valence-electron chi connectivity index (χ3n) is 2.00. The third-order valence-corrected chi connectivity index (χ3v) is 2.00. The van der Waals surface area contributed by atoms with Crippen molar-refractivity contribution in [2.45, 2.75) is 32.8 Å². The standard InChI is InChI=1S/C11H16O/c1-3-4-10-5-7-11(8-6-10)9(2)12/h5-9,12H,3-4H2,1-2H3/t9-/m1/s1. The van der Waals surface area contributed by atoms with Crippen LogP contribution in [0.25, 0.3) is 0 Å². The lowest BCUT2D eigenvalue weighted by molar-refractivity contribution is 0.199. The van der Waals surface area contributed by atoms with Crippen LogP contribution < -0.4 is 0 Å². The first-order chi connectivity index (χ1) is 5.74. The van der Waals surface area contributed by atoms with Gasteiger partial charge in [-0.15, -0.1) is 0 Å². The van der Waals surface area contributed by atoms with E-state index in [-0.39, 0.29) is 6.10 Å². The van der Waals surface area contributed by atoms with E-state index in [9.17, 15) is 5.11 Å². The van der Waals surface area contributed by atoms with Crippen LogP contribution in [0, 0.1) is 0 Å². The lowest BCUT2D eigenvalue weighted by Gasteiger charge is -2.05. The van der Waals surface area contributed by atoms with Gasteiger partial charge in [0.2, 0.25) is 0 Å². The molecule has 0 spiro atoms. The highest BCUT2D eigenvalue weighted by Gasteiger charge is 1.98. The Morgan fingerprint density at radius 3 is 2.25 bits per heavy atom. The van der Waals surface area contributed by atoms with Crippen molar-refractivity contribution in [1.82, 2.24) is 0 Å². The minimum absolute atomic E-state index is 0.347. The van der Waals surface area contributed by atoms with Gasteiger partial charge in [0.25, 0.3) is 0 Å². The smallest absolute Gasteiger partial charge is 0.0761 e. The highest BCUT2D eigenvalue weighted by Crippen LogP contribution is 2.13. The molecular formula is C11H16O. The van der Waals surface area contributed by atoms with Gasteiger partial charge in [0.1, 0.15) is 0 Å². The van der Waals surface area contributed by atoms with E-state index in [2.05, 4.69) is 19.1 Å². The molecule has 12 heavy (non-hydrogen) atoms. The number of aliphatic hydroxyl groups is 1. The molecule has 0 aromatic heterocycles. The van der Waals surface area contributed by atoms with Gasteiger partial charge in [0.15, 0.2) is 0 Å². The van der Waals surface area contributed by atoms with Crippen molar-refractivity contribution >= 4 is 0 Å². The van der Waals surface area contributed by atoms with Crippen molar-refractivity contribution in [3.63, 3.8) is 0 Å². The zero-order chi connectivity index (χ0) is 8.97. The summed E-state index contributed by atoms with van der Waals surface area (Å²) in [5, 5.41) is 9.24. The molecule has 1 heteroatoms. The van der Waals surface area contributed by atoms with E-state index in [0.717, 1.165) is 12.0 Å². The quantitative estimate of drug-likeness (QED) is 0.728. The van der Waals surface area contributed by atoms with Crippen LogP contribution >= 0.6 is 0 Å². The molecule has 1 aromatic carbocycles. The molecule has 0 saturated heterocycles. The zero-order valence-corrected chi connectivity index (χ0v) is 7.75. The van der Waals surface area contributed by atoms with Crippen molar-refractivity contribution < 1.29 is 5.11 Å². The molecule has 0 aliphatic heterocycles. The van der Waals surface area contributed by atoms with Crippen LogP contribution in [0.4, 0.5) is 0 Å². The Labute approximate surface area is 74.1 Å². The third kappa shape index (κ3) is 2.35. The Hall–Kier alpha value is -0.820. The molecule has 1 N–H and O–H groups in total. The van der Waals surface area contributed by atoms with Crippen molar-refractivity contribution in [3.05, 3.63) is 35.4 Å². The highest BCUT2D eigenvalue weighted by atomic mass is 16.3. The summed E-state index contributed by atoms with van der Waals surface area (Å²) >= 11 is 0. The van der Waals surface area contributed by atoms with E-state index < -0.39 is 0 Å². The zero-order valence-electron chi connectivity index (χ0n) is 7.75. The Morgan fingerprint density at radius 2 is 1.83 bits per heavy atom. The van der Waals surface area contributed by atoms with Gasteiger partial charge >= 0.3 is 0 Å². The van der Waals surface area contributed by atoms with Crippen LogP contribution in [0.5, 0.6) is 0 Å². The molecule has 0 heterocycles. The molecular weight excluding hydrogens is 148 g/mol. The second-order valence-corrected chi connectivity index (χ2v) is 3.17. The number of benzene rings is 1. The van der Waals surface area contributed by atoms with Gasteiger partial charge in [0, 0.05) is 0 Å². The number of hydrogen-bond donors (Lipinski definition) is 1. The average molecular weight is 164 g/mol. The Morgan fingerprint density at radius 1 is 1.25 bits per heavy atom. The minimum atomic E-state index is -0.347. The summed E-state index contributed by atoms with van der Waals surface area (Å²) in [5.74, 6) is 0. The maximum absolute atomic E-state index is 9.24. The lowest BCUT2D eigenvalue weighted by atomic mass is 10.1. The second kappa shape index (κ2) is 4.27. The molecule has 0 saturated carbocycles. The number of aryl methyl sites for hydroxylation is 1.